The molecule has 0 radical (unpaired) electrons. The number of hydrogen-bond acceptors (Lipinski definition) is 2. The van der Waals surface area contributed by atoms with Gasteiger partial charge in [-0.25, -0.2) is 8.78 Å². The lowest BCUT2D eigenvalue weighted by Gasteiger charge is -2.04. The minimum Gasteiger partial charge on any atom is -0.396 e. The van der Waals surface area contributed by atoms with E-state index in [0.29, 0.717) is 0 Å². The Balaban J connectivity index is 3.33. The van der Waals surface area contributed by atoms with E-state index in [-0.39, 0.29) is 5.33 Å². The molecule has 0 atom stereocenters. The van der Waals surface area contributed by atoms with Crippen LogP contribution in [0.5, 0.6) is 0 Å². The summed E-state index contributed by atoms with van der Waals surface area (Å²) in [5, 5.41) is -0.0857. The summed E-state index contributed by atoms with van der Waals surface area (Å²) in [7, 11) is 0. The maximum absolute atomic E-state index is 13.0. The van der Waals surface area contributed by atoms with Gasteiger partial charge in [0.2, 0.25) is 0 Å². The van der Waals surface area contributed by atoms with Gasteiger partial charge in [-0.3, -0.25) is 4.79 Å². The van der Waals surface area contributed by atoms with Crippen LogP contribution in [0.1, 0.15) is 10.4 Å². The van der Waals surface area contributed by atoms with Gasteiger partial charge in [-0.15, -0.1) is 0 Å². The number of nitrogens with two attached hydrogens (primary N) is 1. The van der Waals surface area contributed by atoms with Crippen LogP contribution in [0, 0.1) is 11.6 Å². The number of halogens is 3. The second-order valence-corrected chi connectivity index (χ2v) is 2.94. The zero-order valence-electron chi connectivity index (χ0n) is 6.48. The average molecular weight is 250 g/mol. The number of rotatable bonds is 2. The number of ketones is 1. The standard InChI is InChI=1S/C8H6BrF2NO/c9-3-6(13)7-4(10)1-2-5(11)8(7)12/h1-2H,3,12H2. The molecule has 0 aromatic heterocycles. The summed E-state index contributed by atoms with van der Waals surface area (Å²) < 4.78 is 25.8. The highest BCUT2D eigenvalue weighted by atomic mass is 79.9. The van der Waals surface area contributed by atoms with Crippen LogP contribution in [0.15, 0.2) is 12.1 Å². The van der Waals surface area contributed by atoms with Crippen LogP contribution in [0.2, 0.25) is 0 Å². The highest BCUT2D eigenvalue weighted by molar-refractivity contribution is 9.09. The predicted octanol–water partition coefficient (Wildman–Crippen LogP) is 2.12. The molecule has 0 amide bonds. The molecule has 70 valence electrons. The normalized spacial score (nSPS) is 10.1. The molecule has 1 aromatic rings. The molecular formula is C8H6BrF2NO. The molecule has 13 heavy (non-hydrogen) atoms. The molecule has 0 heterocycles. The highest BCUT2D eigenvalue weighted by Crippen LogP contribution is 2.20. The molecule has 0 saturated carbocycles. The Hall–Kier alpha value is -0.970. The molecule has 1 aromatic carbocycles. The second-order valence-electron chi connectivity index (χ2n) is 2.37. The maximum Gasteiger partial charge on any atom is 0.178 e. The van der Waals surface area contributed by atoms with Gasteiger partial charge in [0.1, 0.15) is 11.6 Å². The molecule has 0 fully saturated rings. The number of carbonyl (C=O) groups excluding carboxylic acids is 1. The van der Waals surface area contributed by atoms with Crippen molar-refractivity contribution in [3.05, 3.63) is 29.3 Å². The van der Waals surface area contributed by atoms with Crippen LogP contribution in [-0.2, 0) is 0 Å². The molecule has 0 aliphatic carbocycles. The van der Waals surface area contributed by atoms with Gasteiger partial charge >= 0.3 is 0 Å². The van der Waals surface area contributed by atoms with Crippen LogP contribution in [0.25, 0.3) is 0 Å². The third kappa shape index (κ3) is 1.85. The number of Topliss-reactive ketones (excluding diaryl/α,β-unsaturated/α-hetero) is 1. The highest BCUT2D eigenvalue weighted by Gasteiger charge is 2.16. The first-order chi connectivity index (χ1) is 6.07. The number of hydrogen-bond donors (Lipinski definition) is 1. The summed E-state index contributed by atoms with van der Waals surface area (Å²) in [4.78, 5) is 11.1. The monoisotopic (exact) mass is 249 g/mol. The fraction of sp³-hybridized carbons (Fsp3) is 0.125. The Bertz CT molecular complexity index is 354. The Kier molecular flexibility index (Phi) is 2.98. The Morgan fingerprint density at radius 1 is 1.38 bits per heavy atom. The molecule has 1 rings (SSSR count). The van der Waals surface area contributed by atoms with Gasteiger partial charge in [-0.2, -0.15) is 0 Å². The summed E-state index contributed by atoms with van der Waals surface area (Å²) in [6.45, 7) is 0. The second kappa shape index (κ2) is 3.83. The molecule has 0 saturated heterocycles. The van der Waals surface area contributed by atoms with E-state index in [1.807, 2.05) is 0 Å². The van der Waals surface area contributed by atoms with Gasteiger partial charge in [0.05, 0.1) is 16.6 Å². The smallest absolute Gasteiger partial charge is 0.178 e. The third-order valence-corrected chi connectivity index (χ3v) is 2.05. The van der Waals surface area contributed by atoms with E-state index in [1.54, 1.807) is 0 Å². The van der Waals surface area contributed by atoms with Crippen molar-refractivity contribution in [1.29, 1.82) is 0 Å². The average Bonchev–Trinajstić information content (AvgIpc) is 2.12. The van der Waals surface area contributed by atoms with Crippen molar-refractivity contribution < 1.29 is 13.6 Å². The number of anilines is 1. The quantitative estimate of drug-likeness (QED) is 0.496. The summed E-state index contributed by atoms with van der Waals surface area (Å²) in [5.74, 6) is -2.16. The predicted molar refractivity (Wildman–Crippen MR) is 48.9 cm³/mol. The largest absolute Gasteiger partial charge is 0.396 e. The van der Waals surface area contributed by atoms with Crippen molar-refractivity contribution >= 4 is 27.4 Å². The molecule has 5 heteroatoms. The summed E-state index contributed by atoms with van der Waals surface area (Å²) in [6.07, 6.45) is 0. The summed E-state index contributed by atoms with van der Waals surface area (Å²) in [5.41, 5.74) is 4.37. The number of benzene rings is 1. The van der Waals surface area contributed by atoms with Crippen molar-refractivity contribution in [3.8, 4) is 0 Å². The molecule has 0 spiro atoms. The molecule has 0 aliphatic rings. The zero-order valence-corrected chi connectivity index (χ0v) is 8.07. The third-order valence-electron chi connectivity index (χ3n) is 1.54. The zero-order chi connectivity index (χ0) is 10.0. The molecular weight excluding hydrogens is 244 g/mol. The molecule has 2 N–H and O–H groups in total. The topological polar surface area (TPSA) is 43.1 Å². The molecule has 2 nitrogen and oxygen atoms in total. The van der Waals surface area contributed by atoms with Crippen LogP contribution in [0.3, 0.4) is 0 Å². The first-order valence-corrected chi connectivity index (χ1v) is 4.52. The van der Waals surface area contributed by atoms with Gasteiger partial charge in [0.25, 0.3) is 0 Å². The van der Waals surface area contributed by atoms with E-state index in [0.717, 1.165) is 12.1 Å². The van der Waals surface area contributed by atoms with Crippen molar-refractivity contribution in [2.75, 3.05) is 11.1 Å². The summed E-state index contributed by atoms with van der Waals surface area (Å²) >= 11 is 2.85. The van der Waals surface area contributed by atoms with Crippen molar-refractivity contribution in [2.45, 2.75) is 0 Å². The van der Waals surface area contributed by atoms with Crippen LogP contribution in [0.4, 0.5) is 14.5 Å². The van der Waals surface area contributed by atoms with E-state index >= 15 is 0 Å². The van der Waals surface area contributed by atoms with Gasteiger partial charge in [0, 0.05) is 0 Å². The van der Waals surface area contributed by atoms with Gasteiger partial charge in [-0.1, -0.05) is 15.9 Å². The Labute approximate surface area is 81.9 Å². The lowest BCUT2D eigenvalue weighted by molar-refractivity contribution is 0.102. The minimum absolute atomic E-state index is 0.0857. The van der Waals surface area contributed by atoms with Crippen LogP contribution >= 0.6 is 15.9 Å². The Morgan fingerprint density at radius 2 is 1.92 bits per heavy atom. The van der Waals surface area contributed by atoms with Crippen molar-refractivity contribution in [2.24, 2.45) is 0 Å². The maximum atomic E-state index is 13.0. The molecule has 0 aliphatic heterocycles. The summed E-state index contributed by atoms with van der Waals surface area (Å²) in [6, 6.07) is 1.76. The van der Waals surface area contributed by atoms with E-state index in [4.69, 9.17) is 5.73 Å². The lowest BCUT2D eigenvalue weighted by Crippen LogP contribution is -2.09. The number of nitrogen functional groups attached to an aromatic ring is 1. The van der Waals surface area contributed by atoms with E-state index in [1.165, 1.54) is 0 Å². The van der Waals surface area contributed by atoms with Crippen LogP contribution < -0.4 is 5.73 Å². The molecule has 0 unspecified atom stereocenters. The van der Waals surface area contributed by atoms with E-state index < -0.39 is 28.7 Å². The lowest BCUT2D eigenvalue weighted by atomic mass is 10.1. The van der Waals surface area contributed by atoms with Crippen LogP contribution in [-0.4, -0.2) is 11.1 Å². The van der Waals surface area contributed by atoms with Crippen molar-refractivity contribution in [3.63, 3.8) is 0 Å². The first-order valence-electron chi connectivity index (χ1n) is 3.40. The number of alkyl halides is 1. The molecule has 0 bridgehead atoms. The first kappa shape index (κ1) is 10.1. The van der Waals surface area contributed by atoms with Crippen molar-refractivity contribution in [1.82, 2.24) is 0 Å². The fourth-order valence-corrected chi connectivity index (χ4v) is 1.20. The minimum atomic E-state index is -0.802. The van der Waals surface area contributed by atoms with E-state index in [9.17, 15) is 13.6 Å². The van der Waals surface area contributed by atoms with E-state index in [2.05, 4.69) is 15.9 Å². The fourth-order valence-electron chi connectivity index (χ4n) is 0.918. The Morgan fingerprint density at radius 3 is 2.46 bits per heavy atom. The SMILES string of the molecule is Nc1c(F)ccc(F)c1C(=O)CBr. The van der Waals surface area contributed by atoms with Gasteiger partial charge in [-0.05, 0) is 12.1 Å². The van der Waals surface area contributed by atoms with Gasteiger partial charge in [0.15, 0.2) is 5.78 Å². The van der Waals surface area contributed by atoms with Gasteiger partial charge < -0.3 is 5.73 Å². The number of carbonyl (C=O) groups is 1.